The molecule has 0 aliphatic heterocycles. The number of benzene rings is 2. The Morgan fingerprint density at radius 2 is 1.93 bits per heavy atom. The van der Waals surface area contributed by atoms with Crippen LogP contribution in [0.5, 0.6) is 0 Å². The highest BCUT2D eigenvalue weighted by Crippen LogP contribution is 2.16. The van der Waals surface area contributed by atoms with Crippen molar-refractivity contribution in [3.63, 3.8) is 0 Å². The Bertz CT molecular complexity index is 782. The van der Waals surface area contributed by atoms with Crippen molar-refractivity contribution in [3.05, 3.63) is 70.2 Å². The number of carbonyl (C=O) groups excluding carboxylic acids is 1. The molecule has 0 saturated heterocycles. The third-order valence-corrected chi connectivity index (χ3v) is 4.26. The normalized spacial score (nSPS) is 10.7. The van der Waals surface area contributed by atoms with E-state index in [4.69, 9.17) is 16.6 Å². The number of hydrogen-bond donors (Lipinski definition) is 2. The molecule has 0 saturated carbocycles. The van der Waals surface area contributed by atoms with Crippen LogP contribution in [0.25, 0.3) is 0 Å². The fraction of sp³-hybridized carbons (Fsp3) is 0.300. The molecule has 0 atom stereocenters. The second kappa shape index (κ2) is 11.8. The van der Waals surface area contributed by atoms with Gasteiger partial charge in [-0.15, -0.1) is 24.0 Å². The largest absolute Gasteiger partial charge is 0.357 e. The van der Waals surface area contributed by atoms with E-state index in [0.29, 0.717) is 18.7 Å². The molecule has 2 aromatic carbocycles. The van der Waals surface area contributed by atoms with E-state index in [-0.39, 0.29) is 29.9 Å². The van der Waals surface area contributed by atoms with Crippen molar-refractivity contribution >= 4 is 47.4 Å². The van der Waals surface area contributed by atoms with Gasteiger partial charge >= 0.3 is 0 Å². The lowest BCUT2D eigenvalue weighted by atomic mass is 10.1. The quantitative estimate of drug-likeness (QED) is 0.359. The molecule has 5 nitrogen and oxygen atoms in total. The van der Waals surface area contributed by atoms with Gasteiger partial charge in [0.1, 0.15) is 0 Å². The van der Waals surface area contributed by atoms with Crippen LogP contribution >= 0.6 is 35.6 Å². The number of nitrogens with one attached hydrogen (secondary N) is 2. The first kappa shape index (κ1) is 23.2. The maximum absolute atomic E-state index is 11.8. The minimum atomic E-state index is -0.0985. The summed E-state index contributed by atoms with van der Waals surface area (Å²) in [6, 6.07) is 15.3. The molecule has 0 aromatic heterocycles. The molecule has 27 heavy (non-hydrogen) atoms. The van der Waals surface area contributed by atoms with Gasteiger partial charge in [0.15, 0.2) is 5.96 Å². The van der Waals surface area contributed by atoms with Crippen molar-refractivity contribution in [2.75, 3.05) is 20.6 Å². The number of carbonyl (C=O) groups is 1. The van der Waals surface area contributed by atoms with Crippen LogP contribution in [0.3, 0.4) is 0 Å². The molecule has 2 rings (SSSR count). The molecule has 0 spiro atoms. The molecule has 0 heterocycles. The van der Waals surface area contributed by atoms with Crippen LogP contribution in [0, 0.1) is 0 Å². The predicted octanol–water partition coefficient (Wildman–Crippen LogP) is 3.92. The van der Waals surface area contributed by atoms with Gasteiger partial charge in [-0.2, -0.15) is 0 Å². The molecule has 2 aromatic rings. The molecule has 0 aliphatic rings. The van der Waals surface area contributed by atoms with Crippen molar-refractivity contribution in [2.24, 2.45) is 4.99 Å². The predicted molar refractivity (Wildman–Crippen MR) is 123 cm³/mol. The summed E-state index contributed by atoms with van der Waals surface area (Å²) in [4.78, 5) is 18.5. The van der Waals surface area contributed by atoms with Gasteiger partial charge in [0, 0.05) is 37.8 Å². The summed E-state index contributed by atoms with van der Waals surface area (Å²) in [6.45, 7) is 3.94. The van der Waals surface area contributed by atoms with Crippen LogP contribution in [0.4, 0.5) is 0 Å². The van der Waals surface area contributed by atoms with E-state index in [0.717, 1.165) is 28.7 Å². The number of nitrogens with zero attached hydrogens (tertiary/aromatic N) is 2. The van der Waals surface area contributed by atoms with Crippen molar-refractivity contribution in [2.45, 2.75) is 20.0 Å². The van der Waals surface area contributed by atoms with Gasteiger partial charge in [0.2, 0.25) is 0 Å². The van der Waals surface area contributed by atoms with E-state index < -0.39 is 0 Å². The lowest BCUT2D eigenvalue weighted by Gasteiger charge is -2.22. The van der Waals surface area contributed by atoms with Gasteiger partial charge in [-0.05, 0) is 36.2 Å². The standard InChI is InChI=1S/C20H25ClN4O.HI/c1-4-23-20(25(3)14-17-9-5-6-11-18(17)21)24-13-15-8-7-10-16(12-15)19(26)22-2;/h5-12H,4,13-14H2,1-3H3,(H,22,26)(H,23,24);1H. The van der Waals surface area contributed by atoms with E-state index in [1.807, 2.05) is 61.3 Å². The number of guanidine groups is 1. The average Bonchev–Trinajstić information content (AvgIpc) is 2.66. The van der Waals surface area contributed by atoms with Crippen LogP contribution in [0.15, 0.2) is 53.5 Å². The van der Waals surface area contributed by atoms with Crippen molar-refractivity contribution in [1.29, 1.82) is 0 Å². The van der Waals surface area contributed by atoms with Crippen LogP contribution in [0.2, 0.25) is 5.02 Å². The van der Waals surface area contributed by atoms with Crippen LogP contribution in [-0.2, 0) is 13.1 Å². The Morgan fingerprint density at radius 3 is 2.59 bits per heavy atom. The monoisotopic (exact) mass is 500 g/mol. The number of hydrogen-bond acceptors (Lipinski definition) is 2. The van der Waals surface area contributed by atoms with Crippen LogP contribution in [0.1, 0.15) is 28.4 Å². The van der Waals surface area contributed by atoms with Gasteiger partial charge in [-0.3, -0.25) is 4.79 Å². The van der Waals surface area contributed by atoms with E-state index in [1.54, 1.807) is 13.1 Å². The summed E-state index contributed by atoms with van der Waals surface area (Å²) in [5.74, 6) is 0.691. The highest BCUT2D eigenvalue weighted by molar-refractivity contribution is 14.0. The fourth-order valence-electron chi connectivity index (χ4n) is 2.55. The highest BCUT2D eigenvalue weighted by Gasteiger charge is 2.09. The fourth-order valence-corrected chi connectivity index (χ4v) is 2.74. The van der Waals surface area contributed by atoms with Crippen molar-refractivity contribution in [3.8, 4) is 0 Å². The first-order valence-corrected chi connectivity index (χ1v) is 8.96. The third-order valence-electron chi connectivity index (χ3n) is 3.89. The minimum absolute atomic E-state index is 0. The number of amides is 1. The maximum atomic E-state index is 11.8. The molecule has 0 fully saturated rings. The molecule has 1 amide bonds. The summed E-state index contributed by atoms with van der Waals surface area (Å²) >= 11 is 6.26. The Balaban J connectivity index is 0.00000364. The second-order valence-corrected chi connectivity index (χ2v) is 6.30. The molecule has 7 heteroatoms. The highest BCUT2D eigenvalue weighted by atomic mass is 127. The van der Waals surface area contributed by atoms with E-state index >= 15 is 0 Å². The van der Waals surface area contributed by atoms with E-state index in [1.165, 1.54) is 0 Å². The van der Waals surface area contributed by atoms with Crippen LogP contribution in [-0.4, -0.2) is 37.4 Å². The van der Waals surface area contributed by atoms with Gasteiger partial charge < -0.3 is 15.5 Å². The summed E-state index contributed by atoms with van der Waals surface area (Å²) in [6.07, 6.45) is 0. The summed E-state index contributed by atoms with van der Waals surface area (Å²) in [5, 5.41) is 6.68. The lowest BCUT2D eigenvalue weighted by Crippen LogP contribution is -2.38. The van der Waals surface area contributed by atoms with Gasteiger partial charge in [0.25, 0.3) is 5.91 Å². The molecule has 0 unspecified atom stereocenters. The first-order valence-electron chi connectivity index (χ1n) is 8.59. The maximum Gasteiger partial charge on any atom is 0.251 e. The smallest absolute Gasteiger partial charge is 0.251 e. The van der Waals surface area contributed by atoms with E-state index in [9.17, 15) is 4.79 Å². The number of halogens is 2. The third kappa shape index (κ3) is 7.03. The Morgan fingerprint density at radius 1 is 1.19 bits per heavy atom. The molecule has 0 radical (unpaired) electrons. The molecule has 146 valence electrons. The molecular weight excluding hydrogens is 475 g/mol. The lowest BCUT2D eigenvalue weighted by molar-refractivity contribution is 0.0963. The Kier molecular flexibility index (Phi) is 10.2. The van der Waals surface area contributed by atoms with Gasteiger partial charge in [-0.25, -0.2) is 4.99 Å². The molecular formula is C20H26ClIN4O. The molecule has 2 N–H and O–H groups in total. The zero-order valence-electron chi connectivity index (χ0n) is 15.8. The zero-order valence-corrected chi connectivity index (χ0v) is 18.9. The van der Waals surface area contributed by atoms with E-state index in [2.05, 4.69) is 10.6 Å². The minimum Gasteiger partial charge on any atom is -0.357 e. The second-order valence-electron chi connectivity index (χ2n) is 5.90. The molecule has 0 aliphatic carbocycles. The van der Waals surface area contributed by atoms with Gasteiger partial charge in [0.05, 0.1) is 6.54 Å². The van der Waals surface area contributed by atoms with Crippen molar-refractivity contribution in [1.82, 2.24) is 15.5 Å². The Labute approximate surface area is 183 Å². The number of rotatable bonds is 6. The first-order chi connectivity index (χ1) is 12.5. The number of aliphatic imine (C=N–C) groups is 1. The summed E-state index contributed by atoms with van der Waals surface area (Å²) < 4.78 is 0. The van der Waals surface area contributed by atoms with Crippen LogP contribution < -0.4 is 10.6 Å². The molecule has 0 bridgehead atoms. The zero-order chi connectivity index (χ0) is 18.9. The summed E-state index contributed by atoms with van der Waals surface area (Å²) in [7, 11) is 3.60. The topological polar surface area (TPSA) is 56.7 Å². The average molecular weight is 501 g/mol. The Hall–Kier alpha value is -1.80. The van der Waals surface area contributed by atoms with Crippen molar-refractivity contribution < 1.29 is 4.79 Å². The van der Waals surface area contributed by atoms with Gasteiger partial charge in [-0.1, -0.05) is 41.9 Å². The summed E-state index contributed by atoms with van der Waals surface area (Å²) in [5.41, 5.74) is 2.66. The SMILES string of the molecule is CCNC(=NCc1cccc(C(=O)NC)c1)N(C)Cc1ccccc1Cl.I.